The first-order chi connectivity index (χ1) is 10.1. The standard InChI is InChI=1S/C15H29N3O4/c1-14(2,18-9-12(20)15(3,4)22)13(21)11(17-10-19)7-5-6-8-16/h10-11,18,22H,5-9,16H2,1-4H3,(H,17,19). The van der Waals surface area contributed by atoms with E-state index in [2.05, 4.69) is 10.6 Å². The average molecular weight is 315 g/mol. The van der Waals surface area contributed by atoms with Gasteiger partial charge < -0.3 is 16.2 Å². The molecule has 0 radical (unpaired) electrons. The number of nitrogens with two attached hydrogens (primary N) is 1. The van der Waals surface area contributed by atoms with Gasteiger partial charge in [-0.2, -0.15) is 0 Å². The van der Waals surface area contributed by atoms with Crippen LogP contribution in [0, 0.1) is 0 Å². The van der Waals surface area contributed by atoms with Crippen LogP contribution in [-0.2, 0) is 14.4 Å². The van der Waals surface area contributed by atoms with Crippen molar-refractivity contribution in [3.8, 4) is 0 Å². The van der Waals surface area contributed by atoms with Crippen LogP contribution in [0.15, 0.2) is 0 Å². The lowest BCUT2D eigenvalue weighted by Crippen LogP contribution is -2.57. The highest BCUT2D eigenvalue weighted by atomic mass is 16.3. The van der Waals surface area contributed by atoms with Gasteiger partial charge in [-0.25, -0.2) is 0 Å². The van der Waals surface area contributed by atoms with E-state index in [-0.39, 0.29) is 12.3 Å². The number of carbonyl (C=O) groups is 3. The molecule has 1 atom stereocenters. The number of nitrogens with one attached hydrogen (secondary N) is 2. The minimum Gasteiger partial charge on any atom is -0.383 e. The predicted molar refractivity (Wildman–Crippen MR) is 84.3 cm³/mol. The molecule has 0 aromatic rings. The lowest BCUT2D eigenvalue weighted by atomic mass is 9.90. The van der Waals surface area contributed by atoms with E-state index in [0.29, 0.717) is 19.4 Å². The number of aliphatic hydroxyl groups is 1. The number of Topliss-reactive ketones (excluding diaryl/α,β-unsaturated/α-hetero) is 2. The fourth-order valence-electron chi connectivity index (χ4n) is 1.91. The summed E-state index contributed by atoms with van der Waals surface area (Å²) in [6.45, 7) is 6.50. The monoisotopic (exact) mass is 315 g/mol. The molecule has 0 aliphatic heterocycles. The molecule has 1 amide bonds. The van der Waals surface area contributed by atoms with Crippen LogP contribution in [0.3, 0.4) is 0 Å². The topological polar surface area (TPSA) is 122 Å². The van der Waals surface area contributed by atoms with E-state index >= 15 is 0 Å². The quantitative estimate of drug-likeness (QED) is 0.285. The van der Waals surface area contributed by atoms with E-state index in [9.17, 15) is 19.5 Å². The third-order valence-electron chi connectivity index (χ3n) is 3.52. The third kappa shape index (κ3) is 7.11. The number of hydrogen-bond acceptors (Lipinski definition) is 6. The molecule has 0 aliphatic rings. The van der Waals surface area contributed by atoms with Crippen molar-refractivity contribution in [1.29, 1.82) is 0 Å². The van der Waals surface area contributed by atoms with Gasteiger partial charge in [-0.3, -0.25) is 19.7 Å². The van der Waals surface area contributed by atoms with Gasteiger partial charge in [-0.15, -0.1) is 0 Å². The van der Waals surface area contributed by atoms with Gasteiger partial charge in [0, 0.05) is 0 Å². The van der Waals surface area contributed by atoms with Gasteiger partial charge in [0.25, 0.3) is 0 Å². The van der Waals surface area contributed by atoms with Crippen molar-refractivity contribution < 1.29 is 19.5 Å². The Labute approximate surface area is 132 Å². The number of hydrogen-bond donors (Lipinski definition) is 4. The maximum atomic E-state index is 12.5. The zero-order valence-electron chi connectivity index (χ0n) is 13.9. The van der Waals surface area contributed by atoms with Crippen molar-refractivity contribution >= 4 is 18.0 Å². The highest BCUT2D eigenvalue weighted by molar-refractivity contribution is 5.94. The number of rotatable bonds is 12. The molecule has 0 saturated carbocycles. The van der Waals surface area contributed by atoms with E-state index in [1.807, 2.05) is 0 Å². The zero-order valence-corrected chi connectivity index (χ0v) is 13.9. The van der Waals surface area contributed by atoms with Gasteiger partial charge in [0.05, 0.1) is 18.1 Å². The van der Waals surface area contributed by atoms with Crippen LogP contribution in [0.4, 0.5) is 0 Å². The molecule has 0 saturated heterocycles. The highest BCUT2D eigenvalue weighted by Crippen LogP contribution is 2.12. The second kappa shape index (κ2) is 8.97. The number of amides is 1. The fourth-order valence-corrected chi connectivity index (χ4v) is 1.91. The van der Waals surface area contributed by atoms with E-state index in [1.165, 1.54) is 13.8 Å². The van der Waals surface area contributed by atoms with Gasteiger partial charge in [0.1, 0.15) is 5.60 Å². The molecule has 0 aliphatic carbocycles. The zero-order chi connectivity index (χ0) is 17.4. The van der Waals surface area contributed by atoms with Crippen molar-refractivity contribution in [2.45, 2.75) is 64.1 Å². The van der Waals surface area contributed by atoms with Crippen LogP contribution in [0.25, 0.3) is 0 Å². The Morgan fingerprint density at radius 2 is 1.82 bits per heavy atom. The second-order valence-corrected chi connectivity index (χ2v) is 6.45. The fraction of sp³-hybridized carbons (Fsp3) is 0.800. The number of ketones is 2. The first-order valence-corrected chi connectivity index (χ1v) is 7.51. The van der Waals surface area contributed by atoms with Crippen LogP contribution in [0.1, 0.15) is 47.0 Å². The molecule has 0 heterocycles. The van der Waals surface area contributed by atoms with Crippen molar-refractivity contribution in [3.63, 3.8) is 0 Å². The summed E-state index contributed by atoms with van der Waals surface area (Å²) in [7, 11) is 0. The van der Waals surface area contributed by atoms with Gasteiger partial charge in [0.2, 0.25) is 6.41 Å². The van der Waals surface area contributed by atoms with Gasteiger partial charge in [0.15, 0.2) is 11.6 Å². The van der Waals surface area contributed by atoms with E-state index in [0.717, 1.165) is 12.8 Å². The molecule has 128 valence electrons. The Balaban J connectivity index is 4.72. The summed E-state index contributed by atoms with van der Waals surface area (Å²) < 4.78 is 0. The Kier molecular flexibility index (Phi) is 8.44. The molecule has 5 N–H and O–H groups in total. The Morgan fingerprint density at radius 3 is 2.27 bits per heavy atom. The molecule has 0 aromatic carbocycles. The Bertz CT molecular complexity index is 389. The smallest absolute Gasteiger partial charge is 0.207 e. The van der Waals surface area contributed by atoms with E-state index in [4.69, 9.17) is 5.73 Å². The lowest BCUT2D eigenvalue weighted by Gasteiger charge is -2.30. The summed E-state index contributed by atoms with van der Waals surface area (Å²) in [5.74, 6) is -0.614. The van der Waals surface area contributed by atoms with E-state index < -0.39 is 23.0 Å². The molecule has 0 fully saturated rings. The summed E-state index contributed by atoms with van der Waals surface area (Å²) in [6.07, 6.45) is 2.50. The lowest BCUT2D eigenvalue weighted by molar-refractivity contribution is -0.134. The molecule has 7 heteroatoms. The predicted octanol–water partition coefficient (Wildman–Crippen LogP) is -0.493. The van der Waals surface area contributed by atoms with Crippen LogP contribution in [0.2, 0.25) is 0 Å². The van der Waals surface area contributed by atoms with Crippen LogP contribution < -0.4 is 16.4 Å². The van der Waals surface area contributed by atoms with Crippen molar-refractivity contribution in [3.05, 3.63) is 0 Å². The minimum absolute atomic E-state index is 0.126. The normalized spacial score (nSPS) is 13.5. The molecule has 0 spiro atoms. The molecule has 0 rings (SSSR count). The third-order valence-corrected chi connectivity index (χ3v) is 3.52. The Morgan fingerprint density at radius 1 is 1.23 bits per heavy atom. The van der Waals surface area contributed by atoms with Crippen molar-refractivity contribution in [1.82, 2.24) is 10.6 Å². The molecule has 0 aromatic heterocycles. The van der Waals surface area contributed by atoms with Gasteiger partial charge >= 0.3 is 0 Å². The number of unbranched alkanes of at least 4 members (excludes halogenated alkanes) is 1. The van der Waals surface area contributed by atoms with Crippen LogP contribution in [0.5, 0.6) is 0 Å². The summed E-state index contributed by atoms with van der Waals surface area (Å²) in [5.41, 5.74) is 2.98. The number of carbonyl (C=O) groups excluding carboxylic acids is 3. The van der Waals surface area contributed by atoms with Gasteiger partial charge in [-0.1, -0.05) is 0 Å². The molecular formula is C15H29N3O4. The summed E-state index contributed by atoms with van der Waals surface area (Å²) in [4.78, 5) is 34.9. The largest absolute Gasteiger partial charge is 0.383 e. The molecular weight excluding hydrogens is 286 g/mol. The highest BCUT2D eigenvalue weighted by Gasteiger charge is 2.34. The van der Waals surface area contributed by atoms with Crippen LogP contribution in [-0.4, -0.2) is 53.4 Å². The van der Waals surface area contributed by atoms with Gasteiger partial charge in [-0.05, 0) is 53.5 Å². The molecule has 22 heavy (non-hydrogen) atoms. The summed E-state index contributed by atoms with van der Waals surface area (Å²) in [5, 5.41) is 15.0. The first-order valence-electron chi connectivity index (χ1n) is 7.51. The SMILES string of the molecule is CC(C)(O)C(=O)CNC(C)(C)C(=O)C(CCCCN)NC=O. The van der Waals surface area contributed by atoms with Crippen LogP contribution >= 0.6 is 0 Å². The molecule has 1 unspecified atom stereocenters. The Hall–Kier alpha value is -1.31. The minimum atomic E-state index is -1.45. The summed E-state index contributed by atoms with van der Waals surface area (Å²) in [6, 6.07) is -0.621. The average Bonchev–Trinajstić information content (AvgIpc) is 2.42. The van der Waals surface area contributed by atoms with E-state index in [1.54, 1.807) is 13.8 Å². The maximum absolute atomic E-state index is 12.5. The summed E-state index contributed by atoms with van der Waals surface area (Å²) >= 11 is 0. The molecule has 7 nitrogen and oxygen atoms in total. The van der Waals surface area contributed by atoms with Crippen molar-refractivity contribution in [2.24, 2.45) is 5.73 Å². The maximum Gasteiger partial charge on any atom is 0.207 e. The molecule has 0 bridgehead atoms. The second-order valence-electron chi connectivity index (χ2n) is 6.45. The van der Waals surface area contributed by atoms with Crippen molar-refractivity contribution in [2.75, 3.05) is 13.1 Å². The first kappa shape index (κ1) is 20.7.